The van der Waals surface area contributed by atoms with Crippen LogP contribution in [-0.4, -0.2) is 51.8 Å². The minimum atomic E-state index is -4.41. The first-order valence-corrected chi connectivity index (χ1v) is 10.9. The number of nitrogens with one attached hydrogen (secondary N) is 2. The van der Waals surface area contributed by atoms with Crippen molar-refractivity contribution >= 4 is 15.8 Å². The third-order valence-electron chi connectivity index (χ3n) is 4.25. The lowest BCUT2D eigenvalue weighted by molar-refractivity contribution is -0.153. The molecule has 0 spiro atoms. The molecule has 1 aromatic rings. The van der Waals surface area contributed by atoms with E-state index >= 15 is 0 Å². The molecule has 1 fully saturated rings. The Morgan fingerprint density at radius 3 is 2.68 bits per heavy atom. The van der Waals surface area contributed by atoms with Gasteiger partial charge in [-0.3, -0.25) is 0 Å². The van der Waals surface area contributed by atoms with Gasteiger partial charge in [0, 0.05) is 18.7 Å². The lowest BCUT2D eigenvalue weighted by atomic mass is 10.1. The van der Waals surface area contributed by atoms with E-state index in [9.17, 15) is 21.6 Å². The van der Waals surface area contributed by atoms with Gasteiger partial charge in [-0.1, -0.05) is 12.1 Å². The predicted octanol–water partition coefficient (Wildman–Crippen LogP) is 2.43. The minimum absolute atomic E-state index is 0.0268. The van der Waals surface area contributed by atoms with E-state index in [1.807, 2.05) is 6.92 Å². The summed E-state index contributed by atoms with van der Waals surface area (Å²) in [4.78, 5) is 4.40. The second-order valence-corrected chi connectivity index (χ2v) is 9.09. The van der Waals surface area contributed by atoms with Crippen LogP contribution in [0.15, 0.2) is 23.2 Å². The quantitative estimate of drug-likeness (QED) is 0.522. The van der Waals surface area contributed by atoms with Crippen LogP contribution in [0, 0.1) is 12.8 Å². The van der Waals surface area contributed by atoms with E-state index in [0.717, 1.165) is 5.56 Å². The molecular formula is C18H26F3N3O3S. The topological polar surface area (TPSA) is 79.8 Å². The van der Waals surface area contributed by atoms with Crippen molar-refractivity contribution in [3.63, 3.8) is 0 Å². The van der Waals surface area contributed by atoms with Gasteiger partial charge in [0.25, 0.3) is 0 Å². The molecule has 1 unspecified atom stereocenters. The molecule has 2 N–H and O–H groups in total. The maximum absolute atomic E-state index is 12.5. The number of alkyl halides is 3. The highest BCUT2D eigenvalue weighted by atomic mass is 32.2. The van der Waals surface area contributed by atoms with Crippen molar-refractivity contribution in [2.24, 2.45) is 10.9 Å². The van der Waals surface area contributed by atoms with Crippen LogP contribution >= 0.6 is 0 Å². The van der Waals surface area contributed by atoms with E-state index in [2.05, 4.69) is 15.6 Å². The second-order valence-electron chi connectivity index (χ2n) is 6.86. The normalized spacial score (nSPS) is 19.5. The van der Waals surface area contributed by atoms with Gasteiger partial charge in [0.2, 0.25) is 0 Å². The molecule has 1 saturated heterocycles. The van der Waals surface area contributed by atoms with Crippen molar-refractivity contribution < 1.29 is 26.3 Å². The molecule has 1 aromatic carbocycles. The minimum Gasteiger partial charge on any atom is -0.484 e. The van der Waals surface area contributed by atoms with Crippen LogP contribution in [0.4, 0.5) is 13.2 Å². The zero-order chi connectivity index (χ0) is 20.8. The summed E-state index contributed by atoms with van der Waals surface area (Å²) in [6.45, 7) is 3.50. The van der Waals surface area contributed by atoms with Crippen LogP contribution in [0.1, 0.15) is 24.5 Å². The van der Waals surface area contributed by atoms with Crippen molar-refractivity contribution in [3.05, 3.63) is 29.3 Å². The number of hydrogen-bond donors (Lipinski definition) is 2. The molecule has 0 aliphatic carbocycles. The third-order valence-corrected chi connectivity index (χ3v) is 6.09. The smallest absolute Gasteiger partial charge is 0.422 e. The second kappa shape index (κ2) is 9.49. The number of nitrogens with zero attached hydrogens (tertiary/aromatic N) is 1. The zero-order valence-electron chi connectivity index (χ0n) is 16.0. The van der Waals surface area contributed by atoms with E-state index in [-0.39, 0.29) is 29.7 Å². The Hall–Kier alpha value is -1.97. The summed E-state index contributed by atoms with van der Waals surface area (Å²) in [5, 5.41) is 6.16. The Bertz CT molecular complexity index is 795. The zero-order valence-corrected chi connectivity index (χ0v) is 16.8. The average molecular weight is 421 g/mol. The van der Waals surface area contributed by atoms with Gasteiger partial charge in [-0.25, -0.2) is 13.4 Å². The van der Waals surface area contributed by atoms with Crippen molar-refractivity contribution in [3.8, 4) is 5.75 Å². The molecule has 1 aliphatic rings. The Labute approximate surface area is 163 Å². The Balaban J connectivity index is 2.03. The Kier molecular flexibility index (Phi) is 7.56. The van der Waals surface area contributed by atoms with Crippen LogP contribution in [0.2, 0.25) is 0 Å². The van der Waals surface area contributed by atoms with Crippen LogP contribution in [-0.2, 0) is 16.4 Å². The van der Waals surface area contributed by atoms with Gasteiger partial charge < -0.3 is 15.4 Å². The van der Waals surface area contributed by atoms with E-state index in [4.69, 9.17) is 4.74 Å². The molecule has 0 bridgehead atoms. The van der Waals surface area contributed by atoms with Crippen molar-refractivity contribution in [2.45, 2.75) is 33.0 Å². The lowest BCUT2D eigenvalue weighted by Crippen LogP contribution is -2.40. The van der Waals surface area contributed by atoms with Crippen LogP contribution in [0.3, 0.4) is 0 Å². The molecule has 0 radical (unpaired) electrons. The average Bonchev–Trinajstić information content (AvgIpc) is 2.95. The van der Waals surface area contributed by atoms with Gasteiger partial charge >= 0.3 is 6.18 Å². The van der Waals surface area contributed by atoms with E-state index in [0.29, 0.717) is 31.0 Å². The maximum atomic E-state index is 12.5. The largest absolute Gasteiger partial charge is 0.484 e. The number of sulfone groups is 1. The van der Waals surface area contributed by atoms with Crippen molar-refractivity contribution in [1.29, 1.82) is 0 Å². The highest BCUT2D eigenvalue weighted by Gasteiger charge is 2.29. The Morgan fingerprint density at radius 2 is 2.07 bits per heavy atom. The number of aryl methyl sites for hydroxylation is 1. The third kappa shape index (κ3) is 7.57. The molecule has 1 heterocycles. The fourth-order valence-corrected chi connectivity index (χ4v) is 4.73. The number of hydrogen-bond acceptors (Lipinski definition) is 4. The molecule has 0 amide bonds. The summed E-state index contributed by atoms with van der Waals surface area (Å²) in [6, 6.07) is 5.03. The van der Waals surface area contributed by atoms with Gasteiger partial charge in [0.1, 0.15) is 5.75 Å². The van der Waals surface area contributed by atoms with Gasteiger partial charge in [0.05, 0.1) is 18.1 Å². The van der Waals surface area contributed by atoms with Crippen LogP contribution in [0.25, 0.3) is 0 Å². The highest BCUT2D eigenvalue weighted by molar-refractivity contribution is 7.91. The first-order valence-electron chi connectivity index (χ1n) is 9.09. The van der Waals surface area contributed by atoms with Crippen LogP contribution in [0.5, 0.6) is 5.75 Å². The summed E-state index contributed by atoms with van der Waals surface area (Å²) in [6.07, 6.45) is -3.80. The standard InChI is InChI=1S/C18H26F3N3O3S/c1-3-22-17(23-9-14-6-7-28(25,26)11-14)24-10-15-5-4-13(2)8-16(15)27-12-18(19,20)21/h4-5,8,14H,3,6-7,9-12H2,1-2H3,(H2,22,23,24). The first kappa shape index (κ1) is 22.3. The molecule has 1 atom stereocenters. The summed E-state index contributed by atoms with van der Waals surface area (Å²) < 4.78 is 65.5. The monoisotopic (exact) mass is 421 g/mol. The lowest BCUT2D eigenvalue weighted by Gasteiger charge is -2.16. The van der Waals surface area contributed by atoms with Gasteiger partial charge in [-0.05, 0) is 37.8 Å². The predicted molar refractivity (Wildman–Crippen MR) is 102 cm³/mol. The molecule has 158 valence electrons. The van der Waals surface area contributed by atoms with E-state index < -0.39 is 22.6 Å². The van der Waals surface area contributed by atoms with Crippen LogP contribution < -0.4 is 15.4 Å². The SMILES string of the molecule is CCNC(=NCc1ccc(C)cc1OCC(F)(F)F)NCC1CCS(=O)(=O)C1. The Morgan fingerprint density at radius 1 is 1.32 bits per heavy atom. The molecular weight excluding hydrogens is 395 g/mol. The fourth-order valence-electron chi connectivity index (χ4n) is 2.87. The molecule has 6 nitrogen and oxygen atoms in total. The molecule has 0 saturated carbocycles. The summed E-state index contributed by atoms with van der Waals surface area (Å²) in [7, 11) is -2.95. The number of guanidine groups is 1. The van der Waals surface area contributed by atoms with Crippen molar-refractivity contribution in [2.75, 3.05) is 31.2 Å². The van der Waals surface area contributed by atoms with Gasteiger partial charge in [-0.2, -0.15) is 13.2 Å². The molecule has 2 rings (SSSR count). The highest BCUT2D eigenvalue weighted by Crippen LogP contribution is 2.24. The number of rotatable bonds is 7. The van der Waals surface area contributed by atoms with E-state index in [1.165, 1.54) is 0 Å². The molecule has 1 aliphatic heterocycles. The number of ether oxygens (including phenoxy) is 1. The van der Waals surface area contributed by atoms with E-state index in [1.54, 1.807) is 25.1 Å². The molecule has 28 heavy (non-hydrogen) atoms. The number of benzene rings is 1. The molecule has 10 heteroatoms. The number of aliphatic imine (C=N–C) groups is 1. The van der Waals surface area contributed by atoms with Gasteiger partial charge in [-0.15, -0.1) is 0 Å². The number of halogens is 3. The summed E-state index contributed by atoms with van der Waals surface area (Å²) >= 11 is 0. The fraction of sp³-hybridized carbons (Fsp3) is 0.611. The van der Waals surface area contributed by atoms with Crippen molar-refractivity contribution in [1.82, 2.24) is 10.6 Å². The van der Waals surface area contributed by atoms with Gasteiger partial charge in [0.15, 0.2) is 22.4 Å². The first-order chi connectivity index (χ1) is 13.1. The molecule has 0 aromatic heterocycles. The maximum Gasteiger partial charge on any atom is 0.422 e. The summed E-state index contributed by atoms with van der Waals surface area (Å²) in [5.74, 6) is 1.02. The summed E-state index contributed by atoms with van der Waals surface area (Å²) in [5.41, 5.74) is 1.33.